The van der Waals surface area contributed by atoms with Gasteiger partial charge in [0.2, 0.25) is 0 Å². The van der Waals surface area contributed by atoms with Gasteiger partial charge < -0.3 is 14.8 Å². The van der Waals surface area contributed by atoms with E-state index in [1.165, 1.54) is 12.7 Å². The normalized spacial score (nSPS) is 12.2. The average Bonchev–Trinajstić information content (AvgIpc) is 2.60. The number of amides is 1. The van der Waals surface area contributed by atoms with Gasteiger partial charge in [-0.1, -0.05) is 54.1 Å². The van der Waals surface area contributed by atoms with Crippen molar-refractivity contribution in [3.8, 4) is 11.1 Å². The van der Waals surface area contributed by atoms with Crippen LogP contribution in [0.25, 0.3) is 11.1 Å². The number of hydrogen-bond donors (Lipinski definition) is 1. The van der Waals surface area contributed by atoms with Crippen LogP contribution in [0, 0.1) is 6.92 Å². The van der Waals surface area contributed by atoms with Gasteiger partial charge in [-0.05, 0) is 44.4 Å². The largest absolute Gasteiger partial charge is 0.467 e. The minimum Gasteiger partial charge on any atom is -0.467 e. The van der Waals surface area contributed by atoms with Crippen LogP contribution in [0.15, 0.2) is 48.5 Å². The summed E-state index contributed by atoms with van der Waals surface area (Å²) < 4.78 is 10.0. The molecule has 0 bridgehead atoms. The molecule has 0 aromatic heterocycles. The monoisotopic (exact) mass is 369 g/mol. The summed E-state index contributed by atoms with van der Waals surface area (Å²) in [6.07, 6.45) is -0.325. The van der Waals surface area contributed by atoms with Crippen molar-refractivity contribution in [2.45, 2.75) is 45.8 Å². The number of ether oxygens (including phenoxy) is 2. The number of aryl methyl sites for hydroxylation is 1. The Kier molecular flexibility index (Phi) is 6.61. The minimum atomic E-state index is -0.810. The van der Waals surface area contributed by atoms with Crippen molar-refractivity contribution in [2.24, 2.45) is 0 Å². The van der Waals surface area contributed by atoms with Crippen molar-refractivity contribution in [3.05, 3.63) is 59.7 Å². The molecule has 1 amide bonds. The number of carbonyl (C=O) groups excluding carboxylic acids is 2. The maximum absolute atomic E-state index is 12.0. The highest BCUT2D eigenvalue weighted by Crippen LogP contribution is 2.21. The fraction of sp³-hybridized carbons (Fsp3) is 0.364. The highest BCUT2D eigenvalue weighted by molar-refractivity contribution is 5.81. The highest BCUT2D eigenvalue weighted by Gasteiger charge is 2.25. The summed E-state index contributed by atoms with van der Waals surface area (Å²) in [5.41, 5.74) is 3.71. The average molecular weight is 369 g/mol. The smallest absolute Gasteiger partial charge is 0.408 e. The van der Waals surface area contributed by atoms with E-state index in [1.807, 2.05) is 24.3 Å². The molecule has 2 aromatic rings. The van der Waals surface area contributed by atoms with E-state index in [2.05, 4.69) is 36.5 Å². The summed E-state index contributed by atoms with van der Waals surface area (Å²) >= 11 is 0. The van der Waals surface area contributed by atoms with Crippen LogP contribution in [0.4, 0.5) is 4.79 Å². The Labute approximate surface area is 160 Å². The summed E-state index contributed by atoms with van der Waals surface area (Å²) in [7, 11) is 1.30. The van der Waals surface area contributed by atoms with E-state index in [9.17, 15) is 9.59 Å². The predicted molar refractivity (Wildman–Crippen MR) is 105 cm³/mol. The second kappa shape index (κ2) is 8.71. The lowest BCUT2D eigenvalue weighted by Crippen LogP contribution is -2.45. The molecule has 1 atom stereocenters. The van der Waals surface area contributed by atoms with Gasteiger partial charge in [-0.15, -0.1) is 0 Å². The fourth-order valence-corrected chi connectivity index (χ4v) is 2.60. The van der Waals surface area contributed by atoms with Crippen molar-refractivity contribution in [2.75, 3.05) is 7.11 Å². The number of nitrogens with one attached hydrogen (secondary N) is 1. The van der Waals surface area contributed by atoms with Crippen LogP contribution in [0.1, 0.15) is 31.9 Å². The molecule has 0 fully saturated rings. The first-order valence-electron chi connectivity index (χ1n) is 8.91. The maximum Gasteiger partial charge on any atom is 0.408 e. The Hall–Kier alpha value is -2.82. The Morgan fingerprint density at radius 3 is 1.96 bits per heavy atom. The molecule has 0 aliphatic rings. The Morgan fingerprint density at radius 2 is 1.48 bits per heavy atom. The van der Waals surface area contributed by atoms with E-state index >= 15 is 0 Å². The number of rotatable bonds is 5. The Bertz CT molecular complexity index is 773. The Morgan fingerprint density at radius 1 is 0.963 bits per heavy atom. The lowest BCUT2D eigenvalue weighted by atomic mass is 10.00. The SMILES string of the molecule is COC(=O)[C@@H](Cc1ccc(-c2ccc(C)cc2)cc1)NC(=O)OC(C)(C)C. The number of alkyl carbamates (subject to hydrolysis) is 1. The molecule has 0 aliphatic carbocycles. The molecule has 0 aliphatic heterocycles. The van der Waals surface area contributed by atoms with Crippen LogP contribution in [-0.2, 0) is 20.7 Å². The number of hydrogen-bond acceptors (Lipinski definition) is 4. The summed E-state index contributed by atoms with van der Waals surface area (Å²) in [6.45, 7) is 7.36. The molecule has 0 spiro atoms. The zero-order chi connectivity index (χ0) is 20.0. The molecule has 1 N–H and O–H groups in total. The van der Waals surface area contributed by atoms with Crippen LogP contribution in [0.3, 0.4) is 0 Å². The van der Waals surface area contributed by atoms with E-state index in [4.69, 9.17) is 9.47 Å². The van der Waals surface area contributed by atoms with Crippen molar-refractivity contribution < 1.29 is 19.1 Å². The summed E-state index contributed by atoms with van der Waals surface area (Å²) in [6, 6.07) is 15.4. The standard InChI is InChI=1S/C22H27NO4/c1-15-6-10-17(11-7-15)18-12-8-16(9-13-18)14-19(20(24)26-5)23-21(25)27-22(2,3)4/h6-13,19H,14H2,1-5H3,(H,23,25)/t19-/m1/s1. The molecule has 2 rings (SSSR count). The van der Waals surface area contributed by atoms with E-state index in [-0.39, 0.29) is 0 Å². The highest BCUT2D eigenvalue weighted by atomic mass is 16.6. The minimum absolute atomic E-state index is 0.320. The summed E-state index contributed by atoms with van der Waals surface area (Å²) in [5.74, 6) is -0.511. The first-order valence-corrected chi connectivity index (χ1v) is 8.91. The molecular formula is C22H27NO4. The molecule has 0 radical (unpaired) electrons. The number of benzene rings is 2. The third kappa shape index (κ3) is 6.44. The van der Waals surface area contributed by atoms with Gasteiger partial charge in [0.25, 0.3) is 0 Å². The molecule has 144 valence electrons. The van der Waals surface area contributed by atoms with Gasteiger partial charge in [0.1, 0.15) is 11.6 Å². The second-order valence-electron chi connectivity index (χ2n) is 7.49. The van der Waals surface area contributed by atoms with Crippen LogP contribution >= 0.6 is 0 Å². The number of methoxy groups -OCH3 is 1. The van der Waals surface area contributed by atoms with Gasteiger partial charge in [-0.3, -0.25) is 0 Å². The maximum atomic E-state index is 12.0. The summed E-state index contributed by atoms with van der Waals surface area (Å²) in [5, 5.41) is 2.59. The van der Waals surface area contributed by atoms with Crippen LogP contribution in [-0.4, -0.2) is 30.8 Å². The Balaban J connectivity index is 2.09. The lowest BCUT2D eigenvalue weighted by Gasteiger charge is -2.22. The van der Waals surface area contributed by atoms with Gasteiger partial charge in [0.05, 0.1) is 7.11 Å². The quantitative estimate of drug-likeness (QED) is 0.800. The third-order valence-corrected chi connectivity index (χ3v) is 3.96. The van der Waals surface area contributed by atoms with Crippen molar-refractivity contribution >= 4 is 12.1 Å². The molecular weight excluding hydrogens is 342 g/mol. The molecule has 5 nitrogen and oxygen atoms in total. The molecule has 2 aromatic carbocycles. The van der Waals surface area contributed by atoms with Gasteiger partial charge in [0.15, 0.2) is 0 Å². The van der Waals surface area contributed by atoms with Gasteiger partial charge in [0, 0.05) is 6.42 Å². The molecule has 0 unspecified atom stereocenters. The zero-order valence-electron chi connectivity index (χ0n) is 16.5. The molecule has 0 heterocycles. The van der Waals surface area contributed by atoms with Crippen LogP contribution < -0.4 is 5.32 Å². The fourth-order valence-electron chi connectivity index (χ4n) is 2.60. The van der Waals surface area contributed by atoms with E-state index in [0.717, 1.165) is 16.7 Å². The van der Waals surface area contributed by atoms with Crippen LogP contribution in [0.2, 0.25) is 0 Å². The molecule has 27 heavy (non-hydrogen) atoms. The zero-order valence-corrected chi connectivity index (χ0v) is 16.5. The first-order chi connectivity index (χ1) is 12.7. The second-order valence-corrected chi connectivity index (χ2v) is 7.49. The van der Waals surface area contributed by atoms with Gasteiger partial charge >= 0.3 is 12.1 Å². The topological polar surface area (TPSA) is 64.6 Å². The van der Waals surface area contributed by atoms with E-state index in [1.54, 1.807) is 20.8 Å². The first kappa shape index (κ1) is 20.5. The van der Waals surface area contributed by atoms with Gasteiger partial charge in [-0.2, -0.15) is 0 Å². The summed E-state index contributed by atoms with van der Waals surface area (Å²) in [4.78, 5) is 24.1. The number of carbonyl (C=O) groups is 2. The third-order valence-electron chi connectivity index (χ3n) is 3.96. The molecule has 0 saturated carbocycles. The molecule has 0 saturated heterocycles. The van der Waals surface area contributed by atoms with E-state index in [0.29, 0.717) is 6.42 Å². The van der Waals surface area contributed by atoms with Gasteiger partial charge in [-0.25, -0.2) is 9.59 Å². The molecule has 5 heteroatoms. The van der Waals surface area contributed by atoms with Crippen LogP contribution in [0.5, 0.6) is 0 Å². The lowest BCUT2D eigenvalue weighted by molar-refractivity contribution is -0.143. The van der Waals surface area contributed by atoms with E-state index < -0.39 is 23.7 Å². The predicted octanol–water partition coefficient (Wildman–Crippen LogP) is 4.27. The van der Waals surface area contributed by atoms with Crippen molar-refractivity contribution in [1.82, 2.24) is 5.32 Å². The van der Waals surface area contributed by atoms with Crippen molar-refractivity contribution in [3.63, 3.8) is 0 Å². The number of esters is 1. The van der Waals surface area contributed by atoms with Crippen molar-refractivity contribution in [1.29, 1.82) is 0 Å².